The van der Waals surface area contributed by atoms with Gasteiger partial charge in [-0.25, -0.2) is 0 Å². The van der Waals surface area contributed by atoms with Crippen LogP contribution in [-0.2, 0) is 0 Å². The van der Waals surface area contributed by atoms with Crippen LogP contribution in [0.2, 0.25) is 0 Å². The highest BCUT2D eigenvalue weighted by Crippen LogP contribution is 1.44. The van der Waals surface area contributed by atoms with E-state index in [-0.39, 0.29) is 17.4 Å². The first-order chi connectivity index (χ1) is 1.91. The van der Waals surface area contributed by atoms with Gasteiger partial charge in [-0.15, -0.1) is 0 Å². The molecule has 0 aromatic heterocycles. The van der Waals surface area contributed by atoms with Crippen molar-refractivity contribution in [2.24, 2.45) is 8.20 Å². The Morgan fingerprint density at radius 3 is 1.20 bits per heavy atom. The van der Waals surface area contributed by atoms with E-state index in [2.05, 4.69) is 41.2 Å². The van der Waals surface area contributed by atoms with Crippen LogP contribution in [-0.4, -0.2) is 50.4 Å². The molecule has 0 fully saturated rings. The summed E-state index contributed by atoms with van der Waals surface area (Å²) in [4.78, 5) is 0. The largest absolute Gasteiger partial charge is 0.380 e. The number of hydrogen-bond acceptors (Lipinski definition) is 2. The lowest BCUT2D eigenvalue weighted by atomic mass is 13.2. The lowest BCUT2D eigenvalue weighted by Crippen LogP contribution is -1.45. The second-order valence-corrected chi connectivity index (χ2v) is 0.693. The van der Waals surface area contributed by atoms with E-state index >= 15 is 0 Å². The van der Waals surface area contributed by atoms with Gasteiger partial charge in [0, 0.05) is 17.4 Å². The molecule has 7 radical (unpaired) electrons. The quantitative estimate of drug-likeness (QED) is 0.288. The van der Waals surface area contributed by atoms with Gasteiger partial charge < -0.3 is 8.20 Å². The standard InChI is InChI=1S/3Al.N2/c;;;1-2/q;2*+1;-2. The minimum absolute atomic E-state index is 0. The highest BCUT2D eigenvalue weighted by atomic mass is 27.1. The molecule has 0 aliphatic heterocycles. The topological polar surface area (TPSA) is 24.7 Å². The summed E-state index contributed by atoms with van der Waals surface area (Å²) in [6.07, 6.45) is 0. The SMILES string of the molecule is [Al].[Al][N]=[N][Al]. The Morgan fingerprint density at radius 1 is 1.00 bits per heavy atom. The van der Waals surface area contributed by atoms with E-state index in [9.17, 15) is 0 Å². The van der Waals surface area contributed by atoms with Crippen molar-refractivity contribution in [2.75, 3.05) is 0 Å². The van der Waals surface area contributed by atoms with Crippen LogP contribution in [0.25, 0.3) is 0 Å². The summed E-state index contributed by atoms with van der Waals surface area (Å²) >= 11 is 4.19. The highest BCUT2D eigenvalue weighted by molar-refractivity contribution is 6.09. The zero-order valence-corrected chi connectivity index (χ0v) is 6.09. The molecule has 0 unspecified atom stereocenters. The predicted molar refractivity (Wildman–Crippen MR) is 22.1 cm³/mol. The van der Waals surface area contributed by atoms with Gasteiger partial charge in [-0.1, -0.05) is 0 Å². The molecule has 0 aromatic rings. The van der Waals surface area contributed by atoms with E-state index < -0.39 is 0 Å². The van der Waals surface area contributed by atoms with Gasteiger partial charge >= 0.3 is 33.0 Å². The number of nitrogens with zero attached hydrogens (tertiary/aromatic N) is 2. The molecule has 0 heterocycles. The fourth-order valence-corrected chi connectivity index (χ4v) is 0. The summed E-state index contributed by atoms with van der Waals surface area (Å²) < 4.78 is 6.48. The van der Waals surface area contributed by atoms with Gasteiger partial charge in [-0.2, -0.15) is 0 Å². The van der Waals surface area contributed by atoms with Gasteiger partial charge in [0.1, 0.15) is 0 Å². The second-order valence-electron chi connectivity index (χ2n) is 0.231. The molecule has 0 atom stereocenters. The van der Waals surface area contributed by atoms with Crippen LogP contribution in [0.1, 0.15) is 0 Å². The maximum Gasteiger partial charge on any atom is 0.380 e. The Bertz CT molecular complexity index is 20.1. The van der Waals surface area contributed by atoms with Crippen molar-refractivity contribution in [1.29, 1.82) is 0 Å². The monoisotopic (exact) mass is 109 g/mol. The lowest BCUT2D eigenvalue weighted by molar-refractivity contribution is 1.49. The average Bonchev–Trinajstić information content (AvgIpc) is 1.37. The maximum atomic E-state index is 3.24. The second kappa shape index (κ2) is 8.96. The smallest absolute Gasteiger partial charge is 0.380 e. The van der Waals surface area contributed by atoms with Crippen LogP contribution in [0.4, 0.5) is 0 Å². The average molecular weight is 109 g/mol. The summed E-state index contributed by atoms with van der Waals surface area (Å²) in [6.45, 7) is 0. The molecule has 0 N–H and O–H groups in total. The molecule has 19 valence electrons. The minimum atomic E-state index is 0. The molecule has 0 bridgehead atoms. The molecule has 0 spiro atoms. The van der Waals surface area contributed by atoms with E-state index in [0.717, 1.165) is 0 Å². The van der Waals surface area contributed by atoms with E-state index in [1.165, 1.54) is 0 Å². The Kier molecular flexibility index (Phi) is 17.0. The molecule has 5 heavy (non-hydrogen) atoms. The maximum absolute atomic E-state index is 3.24. The van der Waals surface area contributed by atoms with Gasteiger partial charge in [0.05, 0.1) is 0 Å². The molecule has 0 rings (SSSR count). The van der Waals surface area contributed by atoms with Crippen molar-refractivity contribution < 1.29 is 0 Å². The molecule has 2 nitrogen and oxygen atoms in total. The Balaban J connectivity index is 0. The lowest BCUT2D eigenvalue weighted by Gasteiger charge is -1.59. The van der Waals surface area contributed by atoms with Gasteiger partial charge in [-0.05, 0) is 0 Å². The van der Waals surface area contributed by atoms with Crippen LogP contribution in [0.15, 0.2) is 8.20 Å². The van der Waals surface area contributed by atoms with Crippen LogP contribution in [0.3, 0.4) is 0 Å². The summed E-state index contributed by atoms with van der Waals surface area (Å²) in [6, 6.07) is 0. The molecule has 0 aromatic carbocycles. The summed E-state index contributed by atoms with van der Waals surface area (Å²) in [5.74, 6) is 0. The van der Waals surface area contributed by atoms with E-state index in [4.69, 9.17) is 0 Å². The fraction of sp³-hybridized carbons (Fsp3) is 0. The fourth-order valence-electron chi connectivity index (χ4n) is 0. The van der Waals surface area contributed by atoms with E-state index in [1.807, 2.05) is 0 Å². The molecule has 0 aliphatic carbocycles. The van der Waals surface area contributed by atoms with E-state index in [1.54, 1.807) is 0 Å². The van der Waals surface area contributed by atoms with Crippen LogP contribution < -0.4 is 0 Å². The van der Waals surface area contributed by atoms with Gasteiger partial charge in [-0.3, -0.25) is 0 Å². The van der Waals surface area contributed by atoms with Crippen LogP contribution >= 0.6 is 0 Å². The van der Waals surface area contributed by atoms with E-state index in [0.29, 0.717) is 0 Å². The first kappa shape index (κ1) is 9.50. The molecule has 0 saturated carbocycles. The number of rotatable bonds is 0. The normalized spacial score (nSPS) is 7.20. The van der Waals surface area contributed by atoms with Crippen molar-refractivity contribution in [3.05, 3.63) is 0 Å². The van der Waals surface area contributed by atoms with Crippen molar-refractivity contribution in [2.45, 2.75) is 0 Å². The van der Waals surface area contributed by atoms with Crippen molar-refractivity contribution in [3.63, 3.8) is 0 Å². The third-order valence-corrected chi connectivity index (χ3v) is 0.600. The Hall–Kier alpha value is 1.20. The minimum Gasteiger partial charge on any atom is -0.380 e. The molecular weight excluding hydrogens is 109 g/mol. The van der Waals surface area contributed by atoms with Crippen LogP contribution in [0.5, 0.6) is 0 Å². The molecule has 0 saturated heterocycles. The predicted octanol–water partition coefficient (Wildman–Crippen LogP) is -0.775. The van der Waals surface area contributed by atoms with Gasteiger partial charge in [0.15, 0.2) is 0 Å². The third kappa shape index (κ3) is 11.0. The summed E-state index contributed by atoms with van der Waals surface area (Å²) in [7, 11) is 0. The number of hydrogen-bond donors (Lipinski definition) is 0. The molecular formula is Al3N2. The van der Waals surface area contributed by atoms with Gasteiger partial charge in [0.2, 0.25) is 0 Å². The Morgan fingerprint density at radius 2 is 1.20 bits per heavy atom. The van der Waals surface area contributed by atoms with Crippen molar-refractivity contribution >= 4 is 50.4 Å². The third-order valence-electron chi connectivity index (χ3n) is 0.0667. The summed E-state index contributed by atoms with van der Waals surface area (Å²) in [5.41, 5.74) is 0. The summed E-state index contributed by atoms with van der Waals surface area (Å²) in [5, 5.41) is 0. The molecule has 0 aliphatic rings. The Labute approximate surface area is 58.5 Å². The highest BCUT2D eigenvalue weighted by Gasteiger charge is 1.36. The first-order valence-electron chi connectivity index (χ1n) is 0.716. The van der Waals surface area contributed by atoms with Crippen LogP contribution in [0, 0.1) is 0 Å². The van der Waals surface area contributed by atoms with Crippen molar-refractivity contribution in [1.82, 2.24) is 0 Å². The zero-order valence-electron chi connectivity index (χ0n) is 2.63. The first-order valence-corrected chi connectivity index (χ1v) is 1.75. The molecule has 5 heteroatoms. The molecule has 0 amide bonds. The zero-order chi connectivity index (χ0) is 3.41. The van der Waals surface area contributed by atoms with Crippen molar-refractivity contribution in [3.8, 4) is 0 Å². The van der Waals surface area contributed by atoms with Gasteiger partial charge in [0.25, 0.3) is 0 Å².